The van der Waals surface area contributed by atoms with Crippen LogP contribution in [-0.2, 0) is 0 Å². The van der Waals surface area contributed by atoms with Crippen LogP contribution in [0.25, 0.3) is 0 Å². The van der Waals surface area contributed by atoms with E-state index in [9.17, 15) is 0 Å². The fraction of sp³-hybridized carbons (Fsp3) is 1.00. The van der Waals surface area contributed by atoms with Gasteiger partial charge in [-0.15, -0.1) is 0 Å². The minimum atomic E-state index is 0.463. The van der Waals surface area contributed by atoms with Crippen LogP contribution in [0.3, 0.4) is 0 Å². The van der Waals surface area contributed by atoms with Gasteiger partial charge in [-0.1, -0.05) is 41.5 Å². The lowest BCUT2D eigenvalue weighted by atomic mass is 9.99. The summed E-state index contributed by atoms with van der Waals surface area (Å²) in [5, 5.41) is 0. The largest absolute Gasteiger partial charge is 0.1000 e. The molecule has 0 heterocycles. The molecule has 114 valence electrons. The molecule has 0 atom stereocenters. The van der Waals surface area contributed by atoms with Crippen molar-refractivity contribution in [3.8, 4) is 0 Å². The molecule has 4 rings (SSSR count). The Morgan fingerprint density at radius 1 is 0.450 bits per heavy atom. The molecule has 4 aliphatic rings. The van der Waals surface area contributed by atoms with Crippen LogP contribution < -0.4 is 0 Å². The highest BCUT2D eigenvalue weighted by Crippen LogP contribution is 2.64. The van der Waals surface area contributed by atoms with Crippen molar-refractivity contribution in [1.82, 2.24) is 0 Å². The lowest BCUT2D eigenvalue weighted by Gasteiger charge is -2.47. The molecule has 2 heteroatoms. The second kappa shape index (κ2) is 6.54. The molecular formula is C18H32P2. The quantitative estimate of drug-likeness (QED) is 0.494. The van der Waals surface area contributed by atoms with Gasteiger partial charge in [-0.3, -0.25) is 0 Å². The predicted molar refractivity (Wildman–Crippen MR) is 94.1 cm³/mol. The first-order chi connectivity index (χ1) is 9.92. The van der Waals surface area contributed by atoms with Gasteiger partial charge < -0.3 is 0 Å². The van der Waals surface area contributed by atoms with Gasteiger partial charge >= 0.3 is 0 Å². The maximum atomic E-state index is 1.71. The molecule has 0 bridgehead atoms. The molecule has 0 spiro atoms. The summed E-state index contributed by atoms with van der Waals surface area (Å²) in [4.78, 5) is 0. The second-order valence-corrected chi connectivity index (χ2v) is 13.7. The summed E-state index contributed by atoms with van der Waals surface area (Å²) in [6.07, 6.45) is 22.6. The van der Waals surface area contributed by atoms with E-state index >= 15 is 0 Å². The molecule has 0 N–H and O–H groups in total. The zero-order valence-corrected chi connectivity index (χ0v) is 14.9. The first-order valence-corrected chi connectivity index (χ1v) is 12.8. The molecule has 0 aromatic heterocycles. The van der Waals surface area contributed by atoms with E-state index in [1.54, 1.807) is 89.4 Å². The van der Waals surface area contributed by atoms with Crippen molar-refractivity contribution in [1.29, 1.82) is 0 Å². The Morgan fingerprint density at radius 2 is 0.700 bits per heavy atom. The first-order valence-electron chi connectivity index (χ1n) is 9.43. The Balaban J connectivity index is 1.33. The molecule has 4 aliphatic carbocycles. The monoisotopic (exact) mass is 310 g/mol. The van der Waals surface area contributed by atoms with E-state index in [1.165, 1.54) is 22.6 Å². The highest BCUT2D eigenvalue weighted by atomic mass is 31.1. The summed E-state index contributed by atoms with van der Waals surface area (Å²) < 4.78 is 0. The average molecular weight is 310 g/mol. The Kier molecular flexibility index (Phi) is 4.73. The maximum Gasteiger partial charge on any atom is -0.0207 e. The molecule has 4 fully saturated rings. The topological polar surface area (TPSA) is 0 Å². The summed E-state index contributed by atoms with van der Waals surface area (Å²) in [5.41, 5.74) is 4.93. The van der Waals surface area contributed by atoms with E-state index in [-0.39, 0.29) is 0 Å². The van der Waals surface area contributed by atoms with Crippen molar-refractivity contribution >= 4 is 15.8 Å². The summed E-state index contributed by atoms with van der Waals surface area (Å²) >= 11 is 0. The van der Waals surface area contributed by atoms with Gasteiger partial charge in [-0.05, 0) is 86.3 Å². The molecule has 0 aromatic carbocycles. The molecule has 0 radical (unpaired) electrons. The summed E-state index contributed by atoms with van der Waals surface area (Å²) in [5.74, 6) is 0. The summed E-state index contributed by atoms with van der Waals surface area (Å²) in [6.45, 7) is 0. The van der Waals surface area contributed by atoms with Crippen molar-refractivity contribution in [2.75, 3.05) is 12.3 Å². The first kappa shape index (κ1) is 14.5. The van der Waals surface area contributed by atoms with Gasteiger partial charge in [0.1, 0.15) is 0 Å². The third kappa shape index (κ3) is 2.86. The molecule has 0 amide bonds. The molecule has 0 aliphatic heterocycles. The van der Waals surface area contributed by atoms with Gasteiger partial charge in [0, 0.05) is 0 Å². The highest BCUT2D eigenvalue weighted by Gasteiger charge is 2.39. The third-order valence-electron chi connectivity index (χ3n) is 6.79. The van der Waals surface area contributed by atoms with Crippen LogP contribution in [0.5, 0.6) is 0 Å². The number of hydrogen-bond donors (Lipinski definition) is 0. The lowest BCUT2D eigenvalue weighted by molar-refractivity contribution is 0.472. The molecule has 0 saturated heterocycles. The Bertz CT molecular complexity index is 253. The zero-order valence-electron chi connectivity index (χ0n) is 13.1. The van der Waals surface area contributed by atoms with Crippen molar-refractivity contribution in [2.45, 2.75) is 99.7 Å². The Labute approximate surface area is 128 Å². The van der Waals surface area contributed by atoms with E-state index < -0.39 is 0 Å². The number of rotatable bonds is 7. The van der Waals surface area contributed by atoms with E-state index in [2.05, 4.69) is 0 Å². The molecule has 4 saturated carbocycles. The van der Waals surface area contributed by atoms with Crippen LogP contribution in [0.15, 0.2) is 0 Å². The highest BCUT2D eigenvalue weighted by molar-refractivity contribution is 7.63. The fourth-order valence-corrected chi connectivity index (χ4v) is 13.0. The standard InChI is InChI=1S/C18H32P2/c1-5-15(6-1)19(16-7-2-8-16)13-14-20(17-9-3-10-17)18-11-4-12-18/h15-18H,1-14H2. The van der Waals surface area contributed by atoms with Crippen molar-refractivity contribution in [3.05, 3.63) is 0 Å². The molecule has 0 unspecified atom stereocenters. The van der Waals surface area contributed by atoms with Gasteiger partial charge in [-0.2, -0.15) is 0 Å². The second-order valence-electron chi connectivity index (χ2n) is 7.81. The lowest BCUT2D eigenvalue weighted by Crippen LogP contribution is -2.31. The van der Waals surface area contributed by atoms with E-state index in [0.29, 0.717) is 15.8 Å². The summed E-state index contributed by atoms with van der Waals surface area (Å²) in [6, 6.07) is 0. The van der Waals surface area contributed by atoms with Gasteiger partial charge in [0.25, 0.3) is 0 Å². The van der Waals surface area contributed by atoms with Crippen molar-refractivity contribution < 1.29 is 0 Å². The normalized spacial score (nSPS) is 29.1. The minimum absolute atomic E-state index is 0.463. The Morgan fingerprint density at radius 3 is 0.850 bits per heavy atom. The summed E-state index contributed by atoms with van der Waals surface area (Å²) in [7, 11) is 0.925. The van der Waals surface area contributed by atoms with Gasteiger partial charge in [-0.25, -0.2) is 0 Å². The van der Waals surface area contributed by atoms with Crippen molar-refractivity contribution in [3.63, 3.8) is 0 Å². The minimum Gasteiger partial charge on any atom is -0.1000 e. The zero-order chi connectivity index (χ0) is 13.4. The molecule has 0 nitrogen and oxygen atoms in total. The van der Waals surface area contributed by atoms with Crippen LogP contribution in [-0.4, -0.2) is 35.0 Å². The molecular weight excluding hydrogens is 278 g/mol. The van der Waals surface area contributed by atoms with Gasteiger partial charge in [0.2, 0.25) is 0 Å². The molecule has 0 aromatic rings. The van der Waals surface area contributed by atoms with E-state index in [0.717, 1.165) is 0 Å². The predicted octanol–water partition coefficient (Wildman–Crippen LogP) is 6.16. The third-order valence-corrected chi connectivity index (χ3v) is 14.4. The van der Waals surface area contributed by atoms with Crippen LogP contribution >= 0.6 is 15.8 Å². The van der Waals surface area contributed by atoms with Crippen LogP contribution in [0.1, 0.15) is 77.0 Å². The van der Waals surface area contributed by atoms with Gasteiger partial charge in [0.15, 0.2) is 0 Å². The average Bonchev–Trinajstić information content (AvgIpc) is 2.14. The fourth-order valence-electron chi connectivity index (χ4n) is 4.43. The van der Waals surface area contributed by atoms with Crippen molar-refractivity contribution in [2.24, 2.45) is 0 Å². The maximum absolute atomic E-state index is 1.71. The van der Waals surface area contributed by atoms with Crippen LogP contribution in [0, 0.1) is 0 Å². The molecule has 20 heavy (non-hydrogen) atoms. The SMILES string of the molecule is C1CC(P(CCP(C2CCC2)C2CCC2)C2CCC2)C1. The smallest absolute Gasteiger partial charge is 0.0207 e. The van der Waals surface area contributed by atoms with Crippen LogP contribution in [0.2, 0.25) is 0 Å². The van der Waals surface area contributed by atoms with Gasteiger partial charge in [0.05, 0.1) is 0 Å². The van der Waals surface area contributed by atoms with E-state index in [1.807, 2.05) is 0 Å². The van der Waals surface area contributed by atoms with E-state index in [4.69, 9.17) is 0 Å². The number of hydrogen-bond acceptors (Lipinski definition) is 0. The van der Waals surface area contributed by atoms with Crippen LogP contribution in [0.4, 0.5) is 0 Å². The Hall–Kier alpha value is 0.860.